The Bertz CT molecular complexity index is 622. The van der Waals surface area contributed by atoms with Crippen LogP contribution in [-0.2, 0) is 6.42 Å². The Morgan fingerprint density at radius 2 is 2.06 bits per heavy atom. The minimum absolute atomic E-state index is 0.152. The van der Waals surface area contributed by atoms with Gasteiger partial charge in [-0.2, -0.15) is 0 Å². The summed E-state index contributed by atoms with van der Waals surface area (Å²) < 4.78 is 1.14. The van der Waals surface area contributed by atoms with Crippen LogP contribution in [0.15, 0.2) is 41.8 Å². The second kappa shape index (κ2) is 4.39. The van der Waals surface area contributed by atoms with Gasteiger partial charge in [-0.15, -0.1) is 22.7 Å². The minimum atomic E-state index is 0.152. The van der Waals surface area contributed by atoms with E-state index >= 15 is 0 Å². The van der Waals surface area contributed by atoms with Gasteiger partial charge in [0, 0.05) is 0 Å². The molecule has 3 aromatic rings. The van der Waals surface area contributed by atoms with Crippen LogP contribution >= 0.6 is 22.7 Å². The molecule has 2 aromatic heterocycles. The molecule has 17 heavy (non-hydrogen) atoms. The molecule has 0 radical (unpaired) electrons. The Labute approximate surface area is 107 Å². The van der Waals surface area contributed by atoms with Gasteiger partial charge in [-0.05, 0) is 23.6 Å². The predicted molar refractivity (Wildman–Crippen MR) is 72.0 cm³/mol. The highest BCUT2D eigenvalue weighted by Gasteiger charge is 2.11. The third-order valence-corrected chi connectivity index (χ3v) is 4.39. The number of para-hydroxylation sites is 1. The van der Waals surface area contributed by atoms with Gasteiger partial charge >= 0.3 is 0 Å². The van der Waals surface area contributed by atoms with Crippen LogP contribution in [-0.4, -0.2) is 10.8 Å². The number of aromatic nitrogens is 1. The topological polar surface area (TPSA) is 30.0 Å². The molecule has 0 unspecified atom stereocenters. The standard InChI is InChI=1S/C13H9NOS2/c15-10(12-6-3-7-16-12)8-13-14-9-4-1-2-5-11(9)17-13/h1-7H,8H2. The van der Waals surface area contributed by atoms with E-state index in [1.807, 2.05) is 41.8 Å². The van der Waals surface area contributed by atoms with Gasteiger partial charge in [0.15, 0.2) is 5.78 Å². The fourth-order valence-corrected chi connectivity index (χ4v) is 3.29. The molecule has 2 heterocycles. The van der Waals surface area contributed by atoms with Gasteiger partial charge in [-0.1, -0.05) is 18.2 Å². The van der Waals surface area contributed by atoms with E-state index in [0.29, 0.717) is 6.42 Å². The normalized spacial score (nSPS) is 10.8. The third kappa shape index (κ3) is 2.14. The number of rotatable bonds is 3. The second-order valence-corrected chi connectivity index (χ2v) is 5.72. The van der Waals surface area contributed by atoms with Crippen LogP contribution in [0.2, 0.25) is 0 Å². The van der Waals surface area contributed by atoms with Crippen molar-refractivity contribution in [3.8, 4) is 0 Å². The molecule has 0 aliphatic rings. The largest absolute Gasteiger partial charge is 0.293 e. The van der Waals surface area contributed by atoms with Gasteiger partial charge in [-0.25, -0.2) is 4.98 Å². The molecule has 0 aliphatic carbocycles. The van der Waals surface area contributed by atoms with Crippen LogP contribution in [0.25, 0.3) is 10.2 Å². The first-order valence-corrected chi connectivity index (χ1v) is 6.94. The first kappa shape index (κ1) is 10.6. The summed E-state index contributed by atoms with van der Waals surface area (Å²) in [7, 11) is 0. The molecule has 0 amide bonds. The van der Waals surface area contributed by atoms with Crippen LogP contribution in [0.4, 0.5) is 0 Å². The average Bonchev–Trinajstić information content (AvgIpc) is 2.97. The molecule has 2 nitrogen and oxygen atoms in total. The molecule has 0 aliphatic heterocycles. The quantitative estimate of drug-likeness (QED) is 0.670. The molecule has 84 valence electrons. The van der Waals surface area contributed by atoms with Crippen molar-refractivity contribution in [2.24, 2.45) is 0 Å². The summed E-state index contributed by atoms with van der Waals surface area (Å²) >= 11 is 3.08. The number of Topliss-reactive ketones (excluding diaryl/α,β-unsaturated/α-hetero) is 1. The van der Waals surface area contributed by atoms with E-state index in [1.165, 1.54) is 11.3 Å². The van der Waals surface area contributed by atoms with Crippen molar-refractivity contribution in [1.82, 2.24) is 4.98 Å². The highest BCUT2D eigenvalue weighted by Crippen LogP contribution is 2.23. The van der Waals surface area contributed by atoms with Crippen molar-refractivity contribution < 1.29 is 4.79 Å². The fourth-order valence-electron chi connectivity index (χ4n) is 1.66. The molecule has 0 bridgehead atoms. The lowest BCUT2D eigenvalue weighted by Crippen LogP contribution is -2.00. The average molecular weight is 259 g/mol. The van der Waals surface area contributed by atoms with Gasteiger partial charge in [0.05, 0.1) is 21.5 Å². The number of fused-ring (bicyclic) bond motifs is 1. The number of carbonyl (C=O) groups is 1. The van der Waals surface area contributed by atoms with E-state index in [2.05, 4.69) is 4.98 Å². The van der Waals surface area contributed by atoms with Crippen LogP contribution in [0, 0.1) is 0 Å². The summed E-state index contributed by atoms with van der Waals surface area (Å²) in [4.78, 5) is 17.2. The number of nitrogens with zero attached hydrogens (tertiary/aromatic N) is 1. The van der Waals surface area contributed by atoms with E-state index < -0.39 is 0 Å². The molecule has 4 heteroatoms. The van der Waals surface area contributed by atoms with Crippen molar-refractivity contribution in [2.75, 3.05) is 0 Å². The first-order chi connectivity index (χ1) is 8.33. The maximum Gasteiger partial charge on any atom is 0.179 e. The molecular formula is C13H9NOS2. The summed E-state index contributed by atoms with van der Waals surface area (Å²) in [5.74, 6) is 0.152. The number of ketones is 1. The zero-order valence-corrected chi connectivity index (χ0v) is 10.6. The van der Waals surface area contributed by atoms with Gasteiger partial charge < -0.3 is 0 Å². The molecule has 0 fully saturated rings. The highest BCUT2D eigenvalue weighted by molar-refractivity contribution is 7.18. The first-order valence-electron chi connectivity index (χ1n) is 5.24. The molecule has 0 spiro atoms. The Balaban J connectivity index is 1.88. The SMILES string of the molecule is O=C(Cc1nc2ccccc2s1)c1cccs1. The summed E-state index contributed by atoms with van der Waals surface area (Å²) in [5.41, 5.74) is 0.978. The lowest BCUT2D eigenvalue weighted by atomic mass is 10.2. The molecule has 0 saturated carbocycles. The second-order valence-electron chi connectivity index (χ2n) is 3.65. The van der Waals surface area contributed by atoms with E-state index in [-0.39, 0.29) is 5.78 Å². The Hall–Kier alpha value is -1.52. The zero-order chi connectivity index (χ0) is 11.7. The molecule has 0 N–H and O–H groups in total. The van der Waals surface area contributed by atoms with Gasteiger partial charge in [0.25, 0.3) is 0 Å². The van der Waals surface area contributed by atoms with E-state index in [1.54, 1.807) is 11.3 Å². The van der Waals surface area contributed by atoms with E-state index in [4.69, 9.17) is 0 Å². The molecular weight excluding hydrogens is 250 g/mol. The van der Waals surface area contributed by atoms with Gasteiger partial charge in [0.1, 0.15) is 5.01 Å². The number of thiazole rings is 1. The summed E-state index contributed by atoms with van der Waals surface area (Å²) in [5, 5.41) is 2.82. The van der Waals surface area contributed by atoms with Crippen LogP contribution in [0.1, 0.15) is 14.7 Å². The summed E-state index contributed by atoms with van der Waals surface area (Å²) in [6, 6.07) is 11.7. The number of thiophene rings is 1. The Kier molecular flexibility index (Phi) is 2.74. The van der Waals surface area contributed by atoms with Crippen LogP contribution in [0.3, 0.4) is 0 Å². The van der Waals surface area contributed by atoms with Crippen molar-refractivity contribution in [3.63, 3.8) is 0 Å². The highest BCUT2D eigenvalue weighted by atomic mass is 32.1. The Morgan fingerprint density at radius 1 is 1.18 bits per heavy atom. The lowest BCUT2D eigenvalue weighted by Gasteiger charge is -1.92. The maximum absolute atomic E-state index is 11.9. The molecule has 0 atom stereocenters. The van der Waals surface area contributed by atoms with E-state index in [0.717, 1.165) is 20.1 Å². The number of hydrogen-bond donors (Lipinski definition) is 0. The minimum Gasteiger partial charge on any atom is -0.293 e. The summed E-state index contributed by atoms with van der Waals surface area (Å²) in [6.07, 6.45) is 0.403. The number of carbonyl (C=O) groups excluding carboxylic acids is 1. The van der Waals surface area contributed by atoms with Crippen molar-refractivity contribution in [3.05, 3.63) is 51.7 Å². The predicted octanol–water partition coefficient (Wildman–Crippen LogP) is 3.78. The van der Waals surface area contributed by atoms with Crippen molar-refractivity contribution in [1.29, 1.82) is 0 Å². The fraction of sp³-hybridized carbons (Fsp3) is 0.0769. The number of hydrogen-bond acceptors (Lipinski definition) is 4. The van der Waals surface area contributed by atoms with Crippen molar-refractivity contribution >= 4 is 38.7 Å². The lowest BCUT2D eigenvalue weighted by molar-refractivity contribution is 0.0997. The van der Waals surface area contributed by atoms with E-state index in [9.17, 15) is 4.79 Å². The van der Waals surface area contributed by atoms with Gasteiger partial charge in [-0.3, -0.25) is 4.79 Å². The third-order valence-electron chi connectivity index (χ3n) is 2.45. The zero-order valence-electron chi connectivity index (χ0n) is 8.92. The van der Waals surface area contributed by atoms with Gasteiger partial charge in [0.2, 0.25) is 0 Å². The maximum atomic E-state index is 11.9. The molecule has 3 rings (SSSR count). The van der Waals surface area contributed by atoms with Crippen LogP contribution in [0.5, 0.6) is 0 Å². The molecule has 0 saturated heterocycles. The smallest absolute Gasteiger partial charge is 0.179 e. The Morgan fingerprint density at radius 3 is 2.82 bits per heavy atom. The monoisotopic (exact) mass is 259 g/mol. The molecule has 1 aromatic carbocycles. The van der Waals surface area contributed by atoms with Crippen molar-refractivity contribution in [2.45, 2.75) is 6.42 Å². The number of benzene rings is 1. The summed E-state index contributed by atoms with van der Waals surface area (Å²) in [6.45, 7) is 0. The van der Waals surface area contributed by atoms with Crippen LogP contribution < -0.4 is 0 Å².